The van der Waals surface area contributed by atoms with Crippen LogP contribution in [0.3, 0.4) is 0 Å². The fourth-order valence-electron chi connectivity index (χ4n) is 2.05. The van der Waals surface area contributed by atoms with Crippen molar-refractivity contribution in [3.05, 3.63) is 0 Å². The van der Waals surface area contributed by atoms with Gasteiger partial charge in [0.1, 0.15) is 12.1 Å². The predicted octanol–water partition coefficient (Wildman–Crippen LogP) is -0.286. The van der Waals surface area contributed by atoms with Crippen molar-refractivity contribution in [2.75, 3.05) is 20.1 Å². The van der Waals surface area contributed by atoms with Gasteiger partial charge in [0.2, 0.25) is 12.3 Å². The second-order valence-corrected chi connectivity index (χ2v) is 4.86. The second kappa shape index (κ2) is 6.96. The van der Waals surface area contributed by atoms with Crippen LogP contribution in [0.1, 0.15) is 20.3 Å². The lowest BCUT2D eigenvalue weighted by molar-refractivity contribution is -0.135. The first-order valence-corrected chi connectivity index (χ1v) is 6.36. The fraction of sp³-hybridized carbons (Fsp3) is 0.750. The zero-order valence-electron chi connectivity index (χ0n) is 11.5. The molecule has 0 aromatic carbocycles. The van der Waals surface area contributed by atoms with Gasteiger partial charge in [-0.15, -0.1) is 0 Å². The molecule has 19 heavy (non-hydrogen) atoms. The summed E-state index contributed by atoms with van der Waals surface area (Å²) in [4.78, 5) is 35.5. The Balaban J connectivity index is 2.55. The van der Waals surface area contributed by atoms with Crippen LogP contribution in [0, 0.1) is 5.92 Å². The van der Waals surface area contributed by atoms with Crippen LogP contribution in [0.15, 0.2) is 0 Å². The van der Waals surface area contributed by atoms with E-state index in [4.69, 9.17) is 4.74 Å². The first kappa shape index (κ1) is 15.3. The van der Waals surface area contributed by atoms with Gasteiger partial charge in [-0.25, -0.2) is 4.79 Å². The molecule has 0 aromatic heterocycles. The summed E-state index contributed by atoms with van der Waals surface area (Å²) >= 11 is 0. The van der Waals surface area contributed by atoms with Crippen molar-refractivity contribution in [2.24, 2.45) is 5.92 Å². The Bertz CT molecular complexity index is 346. The van der Waals surface area contributed by atoms with Gasteiger partial charge in [-0.1, -0.05) is 13.8 Å². The van der Waals surface area contributed by atoms with E-state index >= 15 is 0 Å². The molecule has 0 saturated carbocycles. The summed E-state index contributed by atoms with van der Waals surface area (Å²) in [5.74, 6) is -0.123. The Morgan fingerprint density at radius 1 is 1.42 bits per heavy atom. The summed E-state index contributed by atoms with van der Waals surface area (Å²) in [6, 6.07) is -0.531. The third-order valence-electron chi connectivity index (χ3n) is 3.11. The average molecular weight is 271 g/mol. The summed E-state index contributed by atoms with van der Waals surface area (Å²) < 4.78 is 5.11. The number of nitrogens with zero attached hydrogens (tertiary/aromatic N) is 1. The van der Waals surface area contributed by atoms with Crippen LogP contribution in [0.4, 0.5) is 4.79 Å². The van der Waals surface area contributed by atoms with Crippen LogP contribution in [0.2, 0.25) is 0 Å². The van der Waals surface area contributed by atoms with Crippen molar-refractivity contribution in [2.45, 2.75) is 32.4 Å². The van der Waals surface area contributed by atoms with Crippen LogP contribution in [-0.2, 0) is 14.3 Å². The molecule has 0 aliphatic carbocycles. The molecule has 0 radical (unpaired) electrons. The molecule has 1 aliphatic rings. The van der Waals surface area contributed by atoms with E-state index < -0.39 is 12.1 Å². The fourth-order valence-corrected chi connectivity index (χ4v) is 2.05. The molecule has 3 amide bonds. The van der Waals surface area contributed by atoms with Gasteiger partial charge in [0, 0.05) is 20.0 Å². The minimum atomic E-state index is -0.531. The van der Waals surface area contributed by atoms with Crippen molar-refractivity contribution < 1.29 is 19.1 Å². The molecule has 1 saturated heterocycles. The minimum Gasteiger partial charge on any atom is -0.444 e. The Labute approximate surface area is 112 Å². The lowest BCUT2D eigenvalue weighted by atomic mass is 10.0. The number of ether oxygens (including phenoxy) is 1. The van der Waals surface area contributed by atoms with Gasteiger partial charge < -0.3 is 20.3 Å². The highest BCUT2D eigenvalue weighted by Crippen LogP contribution is 2.16. The van der Waals surface area contributed by atoms with Crippen LogP contribution in [0.25, 0.3) is 0 Å². The number of likely N-dealkylation sites (tertiary alicyclic amines) is 1. The molecule has 0 spiro atoms. The van der Waals surface area contributed by atoms with Crippen LogP contribution < -0.4 is 10.6 Å². The highest BCUT2D eigenvalue weighted by atomic mass is 16.6. The Hall–Kier alpha value is -1.79. The summed E-state index contributed by atoms with van der Waals surface area (Å²) in [7, 11) is 1.49. The van der Waals surface area contributed by atoms with Gasteiger partial charge in [-0.2, -0.15) is 0 Å². The highest BCUT2D eigenvalue weighted by Gasteiger charge is 2.33. The van der Waals surface area contributed by atoms with Crippen molar-refractivity contribution in [1.82, 2.24) is 15.5 Å². The maximum atomic E-state index is 12.2. The topological polar surface area (TPSA) is 87.7 Å². The zero-order valence-corrected chi connectivity index (χ0v) is 11.5. The van der Waals surface area contributed by atoms with Crippen LogP contribution in [-0.4, -0.2) is 55.6 Å². The lowest BCUT2D eigenvalue weighted by Gasteiger charge is -2.25. The predicted molar refractivity (Wildman–Crippen MR) is 68.4 cm³/mol. The summed E-state index contributed by atoms with van der Waals surface area (Å²) in [6.07, 6.45) is 0.376. The van der Waals surface area contributed by atoms with Gasteiger partial charge in [0.25, 0.3) is 0 Å². The van der Waals surface area contributed by atoms with Crippen molar-refractivity contribution in [3.63, 3.8) is 0 Å². The van der Waals surface area contributed by atoms with E-state index in [2.05, 4.69) is 10.6 Å². The maximum Gasteiger partial charge on any atom is 0.407 e. The smallest absolute Gasteiger partial charge is 0.407 e. The number of carbonyl (C=O) groups excluding carboxylic acids is 3. The number of amides is 3. The van der Waals surface area contributed by atoms with E-state index in [-0.39, 0.29) is 17.9 Å². The van der Waals surface area contributed by atoms with E-state index in [1.165, 1.54) is 7.05 Å². The quantitative estimate of drug-likeness (QED) is 0.673. The Kier molecular flexibility index (Phi) is 5.59. The summed E-state index contributed by atoms with van der Waals surface area (Å²) in [5, 5.41) is 4.91. The second-order valence-electron chi connectivity index (χ2n) is 4.86. The van der Waals surface area contributed by atoms with Crippen molar-refractivity contribution >= 4 is 18.4 Å². The molecular weight excluding hydrogens is 250 g/mol. The molecule has 7 heteroatoms. The molecule has 1 heterocycles. The molecule has 1 fully saturated rings. The first-order chi connectivity index (χ1) is 8.99. The molecular formula is C12H21N3O4. The summed E-state index contributed by atoms with van der Waals surface area (Å²) in [5.41, 5.74) is 0. The maximum absolute atomic E-state index is 12.2. The van der Waals surface area contributed by atoms with E-state index in [1.807, 2.05) is 13.8 Å². The van der Waals surface area contributed by atoms with Gasteiger partial charge in [0.05, 0.1) is 6.54 Å². The molecule has 1 rings (SSSR count). The highest BCUT2D eigenvalue weighted by molar-refractivity contribution is 5.84. The number of nitrogens with one attached hydrogen (secondary N) is 2. The number of carbonyl (C=O) groups is 3. The van der Waals surface area contributed by atoms with Gasteiger partial charge in [-0.05, 0) is 5.92 Å². The molecule has 2 atom stereocenters. The molecule has 0 unspecified atom stereocenters. The van der Waals surface area contributed by atoms with Gasteiger partial charge in [-0.3, -0.25) is 9.59 Å². The number of alkyl carbamates (subject to hydrolysis) is 1. The van der Waals surface area contributed by atoms with Crippen molar-refractivity contribution in [3.8, 4) is 0 Å². The first-order valence-electron chi connectivity index (χ1n) is 6.36. The molecule has 2 N–H and O–H groups in total. The zero-order chi connectivity index (χ0) is 14.4. The Morgan fingerprint density at radius 3 is 2.63 bits per heavy atom. The lowest BCUT2D eigenvalue weighted by Crippen LogP contribution is -2.48. The van der Waals surface area contributed by atoms with Gasteiger partial charge in [0.15, 0.2) is 0 Å². The molecule has 108 valence electrons. The number of hydrogen-bond donors (Lipinski definition) is 2. The molecule has 7 nitrogen and oxygen atoms in total. The molecule has 0 bridgehead atoms. The van der Waals surface area contributed by atoms with E-state index in [0.29, 0.717) is 25.9 Å². The van der Waals surface area contributed by atoms with E-state index in [0.717, 1.165) is 0 Å². The summed E-state index contributed by atoms with van der Waals surface area (Å²) in [6.45, 7) is 4.64. The minimum absolute atomic E-state index is 0.0107. The van der Waals surface area contributed by atoms with E-state index in [1.54, 1.807) is 4.90 Å². The standard InChI is InChI=1S/C12H21N3O4/c1-8(2)10(14-7-16)11(17)15-5-4-9(6-15)19-12(18)13-3/h7-10H,4-6H2,1-3H3,(H,13,18)(H,14,16)/t9-,10-/m0/s1. The third kappa shape index (κ3) is 4.11. The Morgan fingerprint density at radius 2 is 2.11 bits per heavy atom. The number of hydrogen-bond acceptors (Lipinski definition) is 4. The average Bonchev–Trinajstić information content (AvgIpc) is 2.83. The van der Waals surface area contributed by atoms with Gasteiger partial charge >= 0.3 is 6.09 Å². The van der Waals surface area contributed by atoms with Crippen LogP contribution >= 0.6 is 0 Å². The van der Waals surface area contributed by atoms with E-state index in [9.17, 15) is 14.4 Å². The SMILES string of the molecule is CNC(=O)O[C@H]1CCN(C(=O)[C@@H](NC=O)C(C)C)C1. The normalized spacial score (nSPS) is 20.0. The van der Waals surface area contributed by atoms with Crippen molar-refractivity contribution in [1.29, 1.82) is 0 Å². The largest absolute Gasteiger partial charge is 0.444 e. The number of rotatable bonds is 5. The molecule has 1 aliphatic heterocycles. The molecule has 0 aromatic rings. The third-order valence-corrected chi connectivity index (χ3v) is 3.11. The van der Waals surface area contributed by atoms with Crippen LogP contribution in [0.5, 0.6) is 0 Å². The monoisotopic (exact) mass is 271 g/mol.